The van der Waals surface area contributed by atoms with Gasteiger partial charge in [0.15, 0.2) is 5.65 Å². The molecule has 0 aliphatic carbocycles. The van der Waals surface area contributed by atoms with Gasteiger partial charge in [-0.1, -0.05) is 32.0 Å². The average molecular weight is 473 g/mol. The van der Waals surface area contributed by atoms with Gasteiger partial charge in [-0.2, -0.15) is 4.98 Å². The number of aromatic nitrogens is 3. The summed E-state index contributed by atoms with van der Waals surface area (Å²) in [6.07, 6.45) is 2.58. The third-order valence-electron chi connectivity index (χ3n) is 5.79. The standard InChI is InChI=1S/C25H26N6O2.C2H6/c26-24(32)19-6-3-5-18(17-19)22-7-4-8-23-28-25(29-31(22)23)27-20-9-11-21(12-10-20)33-16-15-30-13-1-2-14-30;1-2/h3-12,17H,1-2,13-16H2,(H2,26,32)(H,27,29);1-2H3. The van der Waals surface area contributed by atoms with Gasteiger partial charge in [-0.15, -0.1) is 5.10 Å². The predicted molar refractivity (Wildman–Crippen MR) is 139 cm³/mol. The van der Waals surface area contributed by atoms with E-state index < -0.39 is 5.91 Å². The number of benzene rings is 2. The zero-order chi connectivity index (χ0) is 24.6. The number of likely N-dealkylation sites (tertiary alicyclic amines) is 1. The van der Waals surface area contributed by atoms with Gasteiger partial charge in [-0.3, -0.25) is 9.69 Å². The third kappa shape index (κ3) is 5.96. The Morgan fingerprint density at radius 1 is 1.03 bits per heavy atom. The van der Waals surface area contributed by atoms with Crippen LogP contribution in [0.4, 0.5) is 11.6 Å². The van der Waals surface area contributed by atoms with E-state index in [0.717, 1.165) is 29.2 Å². The van der Waals surface area contributed by atoms with Crippen LogP contribution >= 0.6 is 0 Å². The van der Waals surface area contributed by atoms with Crippen LogP contribution in [-0.2, 0) is 0 Å². The number of hydrogen-bond donors (Lipinski definition) is 2. The SMILES string of the molecule is CC.NC(=O)c1cccc(-c2cccc3nc(Nc4ccc(OCCN5CCCC5)cc4)nn23)c1. The minimum absolute atomic E-state index is 0.450. The molecule has 1 fully saturated rings. The van der Waals surface area contributed by atoms with Crippen molar-refractivity contribution in [2.45, 2.75) is 26.7 Å². The van der Waals surface area contributed by atoms with Gasteiger partial charge < -0.3 is 15.8 Å². The molecule has 8 nitrogen and oxygen atoms in total. The number of pyridine rings is 1. The monoisotopic (exact) mass is 472 g/mol. The fourth-order valence-corrected chi connectivity index (χ4v) is 4.07. The molecule has 0 atom stereocenters. The molecule has 3 N–H and O–H groups in total. The molecule has 4 aromatic rings. The van der Waals surface area contributed by atoms with Crippen LogP contribution < -0.4 is 15.8 Å². The molecule has 1 amide bonds. The summed E-state index contributed by atoms with van der Waals surface area (Å²) in [7, 11) is 0. The Hall–Kier alpha value is -3.91. The van der Waals surface area contributed by atoms with Crippen LogP contribution in [0.25, 0.3) is 16.9 Å². The van der Waals surface area contributed by atoms with E-state index in [0.29, 0.717) is 23.8 Å². The van der Waals surface area contributed by atoms with Crippen molar-refractivity contribution < 1.29 is 9.53 Å². The van der Waals surface area contributed by atoms with E-state index in [1.165, 1.54) is 25.9 Å². The summed E-state index contributed by atoms with van der Waals surface area (Å²) >= 11 is 0. The van der Waals surface area contributed by atoms with E-state index >= 15 is 0 Å². The molecule has 1 saturated heterocycles. The van der Waals surface area contributed by atoms with E-state index in [4.69, 9.17) is 10.5 Å². The van der Waals surface area contributed by atoms with Gasteiger partial charge in [0.25, 0.3) is 0 Å². The van der Waals surface area contributed by atoms with Crippen molar-refractivity contribution in [3.63, 3.8) is 0 Å². The molecule has 3 heterocycles. The minimum atomic E-state index is -0.464. The highest BCUT2D eigenvalue weighted by atomic mass is 16.5. The highest BCUT2D eigenvalue weighted by Crippen LogP contribution is 2.24. The number of carbonyl (C=O) groups is 1. The smallest absolute Gasteiger partial charge is 0.248 e. The van der Waals surface area contributed by atoms with Gasteiger partial charge in [0.2, 0.25) is 11.9 Å². The number of nitrogens with one attached hydrogen (secondary N) is 1. The van der Waals surface area contributed by atoms with Crippen LogP contribution in [0.3, 0.4) is 0 Å². The van der Waals surface area contributed by atoms with E-state index in [-0.39, 0.29) is 0 Å². The molecule has 1 aliphatic heterocycles. The molecule has 0 spiro atoms. The van der Waals surface area contributed by atoms with Crippen molar-refractivity contribution in [3.05, 3.63) is 72.3 Å². The lowest BCUT2D eigenvalue weighted by atomic mass is 10.1. The topological polar surface area (TPSA) is 97.8 Å². The van der Waals surface area contributed by atoms with Gasteiger partial charge in [0.1, 0.15) is 12.4 Å². The lowest BCUT2D eigenvalue weighted by Crippen LogP contribution is -2.25. The molecule has 0 saturated carbocycles. The molecular weight excluding hydrogens is 440 g/mol. The van der Waals surface area contributed by atoms with Crippen molar-refractivity contribution in [2.75, 3.05) is 31.6 Å². The first-order valence-electron chi connectivity index (χ1n) is 12.1. The van der Waals surface area contributed by atoms with Crippen LogP contribution in [0.1, 0.15) is 37.0 Å². The van der Waals surface area contributed by atoms with Crippen molar-refractivity contribution in [1.82, 2.24) is 19.5 Å². The molecule has 2 aromatic carbocycles. The van der Waals surface area contributed by atoms with Gasteiger partial charge in [0, 0.05) is 23.4 Å². The maximum absolute atomic E-state index is 11.6. The van der Waals surface area contributed by atoms with Crippen LogP contribution in [0, 0.1) is 0 Å². The molecule has 182 valence electrons. The number of ether oxygens (including phenoxy) is 1. The number of fused-ring (bicyclic) bond motifs is 1. The van der Waals surface area contributed by atoms with Crippen LogP contribution in [-0.4, -0.2) is 51.6 Å². The first-order valence-corrected chi connectivity index (χ1v) is 12.1. The summed E-state index contributed by atoms with van der Waals surface area (Å²) in [5, 5.41) is 7.87. The fraction of sp³-hybridized carbons (Fsp3) is 0.296. The molecule has 0 unspecified atom stereocenters. The molecule has 35 heavy (non-hydrogen) atoms. The lowest BCUT2D eigenvalue weighted by Gasteiger charge is -2.15. The Labute approximate surface area is 205 Å². The van der Waals surface area contributed by atoms with Crippen molar-refractivity contribution in [1.29, 1.82) is 0 Å². The Kier molecular flexibility index (Phi) is 7.95. The summed E-state index contributed by atoms with van der Waals surface area (Å²) in [5.74, 6) is 0.865. The van der Waals surface area contributed by atoms with Crippen LogP contribution in [0.15, 0.2) is 66.7 Å². The molecule has 1 aliphatic rings. The Morgan fingerprint density at radius 2 is 1.77 bits per heavy atom. The van der Waals surface area contributed by atoms with Crippen molar-refractivity contribution in [3.8, 4) is 17.0 Å². The van der Waals surface area contributed by atoms with E-state index in [2.05, 4.69) is 20.3 Å². The lowest BCUT2D eigenvalue weighted by molar-refractivity contribution is 0.100. The van der Waals surface area contributed by atoms with Gasteiger partial charge in [-0.25, -0.2) is 4.52 Å². The van der Waals surface area contributed by atoms with Gasteiger partial charge in [-0.05, 0) is 74.5 Å². The molecule has 2 aromatic heterocycles. The summed E-state index contributed by atoms with van der Waals surface area (Å²) in [5.41, 5.74) is 9.10. The minimum Gasteiger partial charge on any atom is -0.492 e. The zero-order valence-electron chi connectivity index (χ0n) is 20.3. The van der Waals surface area contributed by atoms with Crippen molar-refractivity contribution >= 4 is 23.2 Å². The number of amides is 1. The molecular formula is C27H32N6O2. The summed E-state index contributed by atoms with van der Waals surface area (Å²) in [4.78, 5) is 18.6. The second-order valence-corrected chi connectivity index (χ2v) is 8.11. The number of primary amides is 1. The number of hydrogen-bond acceptors (Lipinski definition) is 6. The molecule has 8 heteroatoms. The average Bonchev–Trinajstić information content (AvgIpc) is 3.56. The number of rotatable bonds is 8. The fourth-order valence-electron chi connectivity index (χ4n) is 4.07. The first-order chi connectivity index (χ1) is 17.2. The van der Waals surface area contributed by atoms with E-state index in [9.17, 15) is 4.79 Å². The first kappa shape index (κ1) is 24.2. The predicted octanol–water partition coefficient (Wildman–Crippen LogP) is 4.74. The number of carbonyl (C=O) groups excluding carboxylic acids is 1. The highest BCUT2D eigenvalue weighted by Gasteiger charge is 2.12. The maximum Gasteiger partial charge on any atom is 0.248 e. The normalized spacial score (nSPS) is 13.3. The Morgan fingerprint density at radius 3 is 2.51 bits per heavy atom. The summed E-state index contributed by atoms with van der Waals surface area (Å²) in [6.45, 7) is 8.02. The Bertz CT molecular complexity index is 1260. The van der Waals surface area contributed by atoms with E-state index in [1.807, 2.05) is 62.4 Å². The summed E-state index contributed by atoms with van der Waals surface area (Å²) < 4.78 is 7.62. The Balaban J connectivity index is 0.00000141. The number of anilines is 2. The summed E-state index contributed by atoms with van der Waals surface area (Å²) in [6, 6.07) is 20.7. The number of nitrogens with two attached hydrogens (primary N) is 1. The molecule has 0 radical (unpaired) electrons. The quantitative estimate of drug-likeness (QED) is 0.384. The van der Waals surface area contributed by atoms with E-state index in [1.54, 1.807) is 22.7 Å². The highest BCUT2D eigenvalue weighted by molar-refractivity contribution is 5.94. The second kappa shape index (κ2) is 11.5. The molecule has 0 bridgehead atoms. The van der Waals surface area contributed by atoms with Crippen molar-refractivity contribution in [2.24, 2.45) is 5.73 Å². The van der Waals surface area contributed by atoms with Crippen LogP contribution in [0.2, 0.25) is 0 Å². The molecule has 5 rings (SSSR count). The van der Waals surface area contributed by atoms with Crippen LogP contribution in [0.5, 0.6) is 5.75 Å². The van der Waals surface area contributed by atoms with Gasteiger partial charge >= 0.3 is 0 Å². The van der Waals surface area contributed by atoms with Gasteiger partial charge in [0.05, 0.1) is 5.69 Å². The number of nitrogens with zero attached hydrogens (tertiary/aromatic N) is 4. The maximum atomic E-state index is 11.6. The zero-order valence-corrected chi connectivity index (χ0v) is 20.3. The third-order valence-corrected chi connectivity index (χ3v) is 5.79. The second-order valence-electron chi connectivity index (χ2n) is 8.11. The largest absolute Gasteiger partial charge is 0.492 e.